The van der Waals surface area contributed by atoms with E-state index in [4.69, 9.17) is 33.2 Å². The summed E-state index contributed by atoms with van der Waals surface area (Å²) in [4.78, 5) is 93.9. The molecule has 0 aliphatic carbocycles. The lowest BCUT2D eigenvalue weighted by molar-refractivity contribution is -0.173. The molecule has 414 valence electrons. The molecule has 0 N–H and O–H groups in total. The molecule has 0 aromatic rings. The quantitative estimate of drug-likeness (QED) is 0.0318. The largest absolute Gasteiger partial charge is 0.465 e. The maximum atomic E-state index is 13.3. The zero-order valence-electron chi connectivity index (χ0n) is 46.1. The first-order valence-corrected chi connectivity index (χ1v) is 28.0. The molecule has 0 heterocycles. The van der Waals surface area contributed by atoms with Crippen molar-refractivity contribution in [3.8, 4) is 0 Å². The zero-order chi connectivity index (χ0) is 53.0. The molecule has 0 rings (SSSR count). The minimum absolute atomic E-state index is 0.0631. The van der Waals surface area contributed by atoms with Crippen molar-refractivity contribution in [2.24, 2.45) is 5.41 Å². The Balaban J connectivity index is 6.30. The number of ether oxygens (including phenoxy) is 7. The fourth-order valence-corrected chi connectivity index (χ4v) is 7.88. The minimum Gasteiger partial charge on any atom is -0.465 e. The van der Waals surface area contributed by atoms with Gasteiger partial charge < -0.3 is 38.1 Å². The third-order valence-corrected chi connectivity index (χ3v) is 12.4. The first-order valence-electron chi connectivity index (χ1n) is 28.0. The van der Waals surface area contributed by atoms with Gasteiger partial charge in [0.25, 0.3) is 0 Å². The summed E-state index contributed by atoms with van der Waals surface area (Å²) in [6.07, 6.45) is 20.8. The molecule has 0 saturated carbocycles. The van der Waals surface area contributed by atoms with E-state index in [2.05, 4.69) is 41.5 Å². The van der Waals surface area contributed by atoms with Gasteiger partial charge in [-0.3, -0.25) is 33.6 Å². The van der Waals surface area contributed by atoms with Crippen LogP contribution in [0.5, 0.6) is 0 Å². The fraction of sp³-hybridized carbons (Fsp3) is 0.875. The summed E-state index contributed by atoms with van der Waals surface area (Å²) in [5.41, 5.74) is -1.60. The highest BCUT2D eigenvalue weighted by molar-refractivity contribution is 5.79. The average molecular weight is 1010 g/mol. The van der Waals surface area contributed by atoms with Crippen molar-refractivity contribution >= 4 is 41.8 Å². The molecular formula is C56H101NO14. The maximum absolute atomic E-state index is 13.3. The number of carbonyl (C=O) groups excluding carboxylic acids is 7. The molecule has 0 aromatic heterocycles. The maximum Gasteiger partial charge on any atom is 0.306 e. The van der Waals surface area contributed by atoms with E-state index in [9.17, 15) is 33.6 Å². The van der Waals surface area contributed by atoms with E-state index in [1.807, 2.05) is 19.0 Å². The van der Waals surface area contributed by atoms with E-state index in [0.29, 0.717) is 13.0 Å². The van der Waals surface area contributed by atoms with E-state index in [1.165, 1.54) is 0 Å². The van der Waals surface area contributed by atoms with E-state index in [1.54, 1.807) is 0 Å². The summed E-state index contributed by atoms with van der Waals surface area (Å²) in [7, 11) is 3.76. The first-order chi connectivity index (χ1) is 34.2. The third kappa shape index (κ3) is 39.5. The summed E-state index contributed by atoms with van der Waals surface area (Å²) in [5, 5.41) is 0. The van der Waals surface area contributed by atoms with Gasteiger partial charge in [0.05, 0.1) is 38.5 Å². The molecule has 15 heteroatoms. The Morgan fingerprint density at radius 1 is 0.324 bits per heavy atom. The van der Waals surface area contributed by atoms with E-state index < -0.39 is 73.6 Å². The molecule has 0 fully saturated rings. The van der Waals surface area contributed by atoms with Crippen LogP contribution in [-0.2, 0) is 66.7 Å². The summed E-state index contributed by atoms with van der Waals surface area (Å²) < 4.78 is 40.2. The fourth-order valence-electron chi connectivity index (χ4n) is 7.88. The van der Waals surface area contributed by atoms with Crippen LogP contribution >= 0.6 is 0 Å². The van der Waals surface area contributed by atoms with Crippen molar-refractivity contribution < 1.29 is 66.7 Å². The Labute approximate surface area is 429 Å². The van der Waals surface area contributed by atoms with Gasteiger partial charge in [-0.05, 0) is 104 Å². The number of hydrogen-bond donors (Lipinski definition) is 0. The molecule has 0 aliphatic rings. The molecule has 71 heavy (non-hydrogen) atoms. The molecular weight excluding hydrogens is 911 g/mol. The Morgan fingerprint density at radius 3 is 0.775 bits per heavy atom. The molecule has 0 unspecified atom stereocenters. The molecule has 0 aromatic carbocycles. The van der Waals surface area contributed by atoms with Gasteiger partial charge in [0.15, 0.2) is 0 Å². The Kier molecular flexibility index (Phi) is 42.5. The molecule has 0 aliphatic heterocycles. The zero-order valence-corrected chi connectivity index (χ0v) is 46.1. The van der Waals surface area contributed by atoms with Crippen LogP contribution in [0.3, 0.4) is 0 Å². The number of rotatable bonds is 48. The third-order valence-electron chi connectivity index (χ3n) is 12.4. The van der Waals surface area contributed by atoms with Gasteiger partial charge in [0.2, 0.25) is 0 Å². The van der Waals surface area contributed by atoms with E-state index >= 15 is 0 Å². The highest BCUT2D eigenvalue weighted by atomic mass is 16.6. The summed E-state index contributed by atoms with van der Waals surface area (Å²) >= 11 is 0. The highest BCUT2D eigenvalue weighted by Crippen LogP contribution is 2.24. The van der Waals surface area contributed by atoms with Crippen LogP contribution in [-0.4, -0.2) is 112 Å². The lowest BCUT2D eigenvalue weighted by atomic mass is 9.92. The molecule has 0 atom stereocenters. The first kappa shape index (κ1) is 67.2. The number of esters is 7. The molecule has 0 amide bonds. The lowest BCUT2D eigenvalue weighted by Crippen LogP contribution is -2.44. The van der Waals surface area contributed by atoms with E-state index in [0.717, 1.165) is 154 Å². The minimum atomic E-state index is -1.60. The average Bonchev–Trinajstić information content (AvgIpc) is 3.34. The van der Waals surface area contributed by atoms with Crippen LogP contribution in [0.15, 0.2) is 0 Å². The Hall–Kier alpha value is -3.75. The van der Waals surface area contributed by atoms with Crippen LogP contribution in [0.4, 0.5) is 0 Å². The van der Waals surface area contributed by atoms with Crippen molar-refractivity contribution in [1.82, 2.24) is 4.90 Å². The van der Waals surface area contributed by atoms with Crippen LogP contribution in [0, 0.1) is 5.41 Å². The number of nitrogens with zero attached hydrogens (tertiary/aromatic N) is 1. The van der Waals surface area contributed by atoms with Crippen LogP contribution in [0.1, 0.15) is 247 Å². The number of hydrogen-bond acceptors (Lipinski definition) is 15. The summed E-state index contributed by atoms with van der Waals surface area (Å²) in [6.45, 7) is 11.2. The molecule has 0 radical (unpaired) electrons. The highest BCUT2D eigenvalue weighted by Gasteiger charge is 2.38. The molecule has 15 nitrogen and oxygen atoms in total. The van der Waals surface area contributed by atoms with Gasteiger partial charge >= 0.3 is 41.8 Å². The van der Waals surface area contributed by atoms with Crippen molar-refractivity contribution in [3.63, 3.8) is 0 Å². The predicted octanol–water partition coefficient (Wildman–Crippen LogP) is 12.0. The Bertz CT molecular complexity index is 1250. The molecule has 0 saturated heterocycles. The van der Waals surface area contributed by atoms with Crippen LogP contribution in [0.25, 0.3) is 0 Å². The van der Waals surface area contributed by atoms with Gasteiger partial charge in [-0.1, -0.05) is 119 Å². The summed E-state index contributed by atoms with van der Waals surface area (Å²) in [6, 6.07) is 0. The summed E-state index contributed by atoms with van der Waals surface area (Å²) in [5.74, 6) is -4.40. The second kappa shape index (κ2) is 44.9. The Morgan fingerprint density at radius 2 is 0.549 bits per heavy atom. The number of carbonyl (C=O) groups is 7. The second-order valence-electron chi connectivity index (χ2n) is 19.9. The van der Waals surface area contributed by atoms with Gasteiger partial charge in [0, 0.05) is 6.42 Å². The lowest BCUT2D eigenvalue weighted by Gasteiger charge is -2.31. The second-order valence-corrected chi connectivity index (χ2v) is 19.9. The van der Waals surface area contributed by atoms with Crippen molar-refractivity contribution in [3.05, 3.63) is 0 Å². The smallest absolute Gasteiger partial charge is 0.306 e. The van der Waals surface area contributed by atoms with Gasteiger partial charge in [-0.15, -0.1) is 0 Å². The van der Waals surface area contributed by atoms with E-state index in [-0.39, 0.29) is 63.3 Å². The molecule has 0 bridgehead atoms. The normalized spacial score (nSPS) is 11.5. The number of unbranched alkanes of at least 4 members (excludes halogenated alkanes) is 12. The topological polar surface area (TPSA) is 187 Å². The van der Waals surface area contributed by atoms with Gasteiger partial charge in [-0.25, -0.2) is 0 Å². The van der Waals surface area contributed by atoms with Crippen molar-refractivity contribution in [2.75, 3.05) is 47.1 Å². The van der Waals surface area contributed by atoms with Crippen molar-refractivity contribution in [1.29, 1.82) is 0 Å². The standard InChI is InChI=1S/C56H101NO14/c1-9-15-21-28-46(29-22-16-10-2)69-53(62)38-35-50(59)66-43-56(42-65-49(58)34-27-41-57(7)8,44-67-51(60)36-39-54(63)70-47(30-23-17-11-3)31-24-18-12-4)45-68-52(61)37-40-55(64)71-48(32-25-19-13-5)33-26-20-14-6/h46-48H,9-45H2,1-8H3. The van der Waals surface area contributed by atoms with Gasteiger partial charge in [-0.2, -0.15) is 0 Å². The van der Waals surface area contributed by atoms with Crippen LogP contribution < -0.4 is 0 Å². The molecule has 0 spiro atoms. The van der Waals surface area contributed by atoms with Gasteiger partial charge in [0.1, 0.15) is 50.2 Å². The SMILES string of the molecule is CCCCCC(CCCCC)OC(=O)CCC(=O)OCC(COC(=O)CCCN(C)C)(COC(=O)CCC(=O)OC(CCCCC)CCCCC)COC(=O)CCC(=O)OC(CCCCC)CCCCC. The monoisotopic (exact) mass is 1010 g/mol. The predicted molar refractivity (Wildman–Crippen MR) is 276 cm³/mol. The van der Waals surface area contributed by atoms with Crippen molar-refractivity contribution in [2.45, 2.75) is 265 Å². The van der Waals surface area contributed by atoms with Crippen LogP contribution in [0.2, 0.25) is 0 Å².